The Morgan fingerprint density at radius 2 is 2.15 bits per heavy atom. The number of hydrogen-bond acceptors (Lipinski definition) is 5. The molecule has 2 fully saturated rings. The monoisotopic (exact) mass is 301 g/mol. The molecule has 2 heterocycles. The summed E-state index contributed by atoms with van der Waals surface area (Å²) in [6.45, 7) is 8.56. The van der Waals surface area contributed by atoms with Crippen LogP contribution in [0.4, 0.5) is 0 Å². The van der Waals surface area contributed by atoms with Crippen LogP contribution in [-0.2, 0) is 4.74 Å². The molecule has 0 amide bonds. The molecule has 0 saturated carbocycles. The summed E-state index contributed by atoms with van der Waals surface area (Å²) in [5.41, 5.74) is 0. The predicted octanol–water partition coefficient (Wildman–Crippen LogP) is 1.91. The molecular weight excluding hydrogens is 270 g/mol. The molecule has 2 aliphatic rings. The van der Waals surface area contributed by atoms with E-state index in [2.05, 4.69) is 29.2 Å². The largest absolute Gasteiger partial charge is 0.377 e. The number of nitrogens with one attached hydrogen (secondary N) is 3. The van der Waals surface area contributed by atoms with Crippen LogP contribution in [0, 0.1) is 0 Å². The minimum atomic E-state index is 0.387. The van der Waals surface area contributed by atoms with E-state index in [1.54, 1.807) is 0 Å². The minimum Gasteiger partial charge on any atom is -0.377 e. The van der Waals surface area contributed by atoms with E-state index in [-0.39, 0.29) is 0 Å². The second-order valence-electron chi connectivity index (χ2n) is 6.32. The molecule has 0 aromatic carbocycles. The Hall–Kier alpha value is 0.190. The first kappa shape index (κ1) is 16.6. The Kier molecular flexibility index (Phi) is 7.66. The van der Waals surface area contributed by atoms with E-state index in [1.165, 1.54) is 32.2 Å². The highest BCUT2D eigenvalue weighted by atomic mass is 32.2. The van der Waals surface area contributed by atoms with E-state index >= 15 is 0 Å². The van der Waals surface area contributed by atoms with Crippen LogP contribution in [0.2, 0.25) is 0 Å². The van der Waals surface area contributed by atoms with Gasteiger partial charge in [0.25, 0.3) is 0 Å². The van der Waals surface area contributed by atoms with E-state index in [4.69, 9.17) is 4.74 Å². The molecule has 3 atom stereocenters. The summed E-state index contributed by atoms with van der Waals surface area (Å²) in [7, 11) is 0. The summed E-state index contributed by atoms with van der Waals surface area (Å²) >= 11 is 1.93. The zero-order valence-electron chi connectivity index (χ0n) is 13.0. The fourth-order valence-corrected chi connectivity index (χ4v) is 3.88. The van der Waals surface area contributed by atoms with Crippen LogP contribution in [0.3, 0.4) is 0 Å². The standard InChI is InChI=1S/C15H31N3OS/c1-12(2)17-11-14-9-15(6-8-19-14)20-18-10-13-5-3-4-7-16-13/h12-18H,3-11H2,1-2H3. The van der Waals surface area contributed by atoms with Crippen molar-refractivity contribution in [3.05, 3.63) is 0 Å². The Balaban J connectivity index is 1.57. The van der Waals surface area contributed by atoms with Gasteiger partial charge >= 0.3 is 0 Å². The van der Waals surface area contributed by atoms with E-state index in [1.807, 2.05) is 11.9 Å². The predicted molar refractivity (Wildman–Crippen MR) is 87.1 cm³/mol. The third kappa shape index (κ3) is 6.31. The molecule has 2 aliphatic heterocycles. The molecule has 20 heavy (non-hydrogen) atoms. The number of piperidine rings is 1. The molecule has 3 N–H and O–H groups in total. The van der Waals surface area contributed by atoms with E-state index in [0.29, 0.717) is 23.4 Å². The van der Waals surface area contributed by atoms with Crippen LogP contribution in [0.5, 0.6) is 0 Å². The maximum absolute atomic E-state index is 5.84. The van der Waals surface area contributed by atoms with Gasteiger partial charge < -0.3 is 15.4 Å². The van der Waals surface area contributed by atoms with Gasteiger partial charge in [0.15, 0.2) is 0 Å². The minimum absolute atomic E-state index is 0.387. The molecule has 5 heteroatoms. The topological polar surface area (TPSA) is 45.3 Å². The van der Waals surface area contributed by atoms with E-state index in [0.717, 1.165) is 26.1 Å². The Bertz CT molecular complexity index is 260. The van der Waals surface area contributed by atoms with Gasteiger partial charge in [-0.15, -0.1) is 0 Å². The highest BCUT2D eigenvalue weighted by Gasteiger charge is 2.23. The summed E-state index contributed by atoms with van der Waals surface area (Å²) in [5.74, 6) is 0. The molecule has 0 bridgehead atoms. The van der Waals surface area contributed by atoms with Gasteiger partial charge in [0.05, 0.1) is 6.10 Å². The van der Waals surface area contributed by atoms with E-state index in [9.17, 15) is 0 Å². The van der Waals surface area contributed by atoms with Gasteiger partial charge in [0, 0.05) is 37.0 Å². The molecule has 0 radical (unpaired) electrons. The van der Waals surface area contributed by atoms with Crippen molar-refractivity contribution < 1.29 is 4.74 Å². The fourth-order valence-electron chi connectivity index (χ4n) is 2.83. The first-order valence-corrected chi connectivity index (χ1v) is 9.09. The van der Waals surface area contributed by atoms with Crippen molar-refractivity contribution >= 4 is 11.9 Å². The van der Waals surface area contributed by atoms with E-state index < -0.39 is 0 Å². The second-order valence-corrected chi connectivity index (χ2v) is 7.51. The lowest BCUT2D eigenvalue weighted by Crippen LogP contribution is -2.42. The smallest absolute Gasteiger partial charge is 0.0710 e. The lowest BCUT2D eigenvalue weighted by molar-refractivity contribution is 0.0186. The molecule has 4 nitrogen and oxygen atoms in total. The summed E-state index contributed by atoms with van der Waals surface area (Å²) in [5, 5.41) is 7.77. The maximum Gasteiger partial charge on any atom is 0.0710 e. The summed E-state index contributed by atoms with van der Waals surface area (Å²) < 4.78 is 9.43. The van der Waals surface area contributed by atoms with Crippen molar-refractivity contribution in [2.45, 2.75) is 69.4 Å². The average Bonchev–Trinajstić information content (AvgIpc) is 2.47. The number of rotatable bonds is 7. The van der Waals surface area contributed by atoms with Crippen molar-refractivity contribution in [1.29, 1.82) is 0 Å². The van der Waals surface area contributed by atoms with Gasteiger partial charge in [0.2, 0.25) is 0 Å². The van der Waals surface area contributed by atoms with Crippen LogP contribution < -0.4 is 15.4 Å². The van der Waals surface area contributed by atoms with Crippen molar-refractivity contribution in [3.63, 3.8) is 0 Å². The fraction of sp³-hybridized carbons (Fsp3) is 1.00. The van der Waals surface area contributed by atoms with Crippen molar-refractivity contribution in [1.82, 2.24) is 15.4 Å². The number of hydrogen-bond donors (Lipinski definition) is 3. The van der Waals surface area contributed by atoms with Crippen LogP contribution in [-0.4, -0.2) is 49.7 Å². The van der Waals surface area contributed by atoms with Crippen LogP contribution in [0.1, 0.15) is 46.0 Å². The zero-order valence-corrected chi connectivity index (χ0v) is 13.8. The Labute approximate surface area is 128 Å². The van der Waals surface area contributed by atoms with Crippen molar-refractivity contribution in [3.8, 4) is 0 Å². The lowest BCUT2D eigenvalue weighted by atomic mass is 10.1. The highest BCUT2D eigenvalue weighted by Crippen LogP contribution is 2.23. The van der Waals surface area contributed by atoms with Crippen LogP contribution in [0.25, 0.3) is 0 Å². The molecule has 0 aromatic rings. The third-order valence-electron chi connectivity index (χ3n) is 4.07. The highest BCUT2D eigenvalue weighted by molar-refractivity contribution is 7.98. The Morgan fingerprint density at radius 3 is 2.90 bits per heavy atom. The molecule has 3 unspecified atom stereocenters. The molecule has 2 saturated heterocycles. The number of ether oxygens (including phenoxy) is 1. The lowest BCUT2D eigenvalue weighted by Gasteiger charge is -2.30. The van der Waals surface area contributed by atoms with Crippen LogP contribution in [0.15, 0.2) is 0 Å². The quantitative estimate of drug-likeness (QED) is 0.627. The first-order valence-electron chi connectivity index (χ1n) is 8.21. The van der Waals surface area contributed by atoms with Crippen molar-refractivity contribution in [2.75, 3.05) is 26.2 Å². The molecular formula is C15H31N3OS. The van der Waals surface area contributed by atoms with Crippen molar-refractivity contribution in [2.24, 2.45) is 0 Å². The SMILES string of the molecule is CC(C)NCC1CC(SNCC2CCCCN2)CCO1. The maximum atomic E-state index is 5.84. The van der Waals surface area contributed by atoms with Crippen LogP contribution >= 0.6 is 11.9 Å². The molecule has 0 aromatic heterocycles. The summed E-state index contributed by atoms with van der Waals surface area (Å²) in [4.78, 5) is 0. The van der Waals surface area contributed by atoms with Gasteiger partial charge in [-0.2, -0.15) is 0 Å². The van der Waals surface area contributed by atoms with Gasteiger partial charge in [-0.05, 0) is 32.2 Å². The Morgan fingerprint density at radius 1 is 1.25 bits per heavy atom. The van der Waals surface area contributed by atoms with Gasteiger partial charge in [-0.3, -0.25) is 4.72 Å². The normalized spacial score (nSPS) is 31.6. The van der Waals surface area contributed by atoms with Gasteiger partial charge in [-0.1, -0.05) is 32.2 Å². The molecule has 118 valence electrons. The molecule has 0 aliphatic carbocycles. The van der Waals surface area contributed by atoms with Gasteiger partial charge in [-0.25, -0.2) is 0 Å². The molecule has 2 rings (SSSR count). The second kappa shape index (κ2) is 9.26. The first-order chi connectivity index (χ1) is 9.74. The average molecular weight is 302 g/mol. The summed E-state index contributed by atoms with van der Waals surface area (Å²) in [6.07, 6.45) is 6.77. The van der Waals surface area contributed by atoms with Gasteiger partial charge in [0.1, 0.15) is 0 Å². The third-order valence-corrected chi connectivity index (χ3v) is 5.16. The zero-order chi connectivity index (χ0) is 14.2. The summed E-state index contributed by atoms with van der Waals surface area (Å²) in [6, 6.07) is 1.22. The molecule has 0 spiro atoms.